The number of hydrogen-bond acceptors (Lipinski definition) is 2. The minimum atomic E-state index is -0.237. The number of halogens is 2. The van der Waals surface area contributed by atoms with Crippen LogP contribution in [0.5, 0.6) is 0 Å². The lowest BCUT2D eigenvalue weighted by Gasteiger charge is -2.18. The van der Waals surface area contributed by atoms with E-state index in [1.54, 1.807) is 12.3 Å². The van der Waals surface area contributed by atoms with Gasteiger partial charge in [-0.15, -0.1) is 0 Å². The molecule has 96 valence electrons. The molecule has 0 saturated carbocycles. The van der Waals surface area contributed by atoms with Gasteiger partial charge in [0.25, 0.3) is 0 Å². The molecule has 2 rings (SSSR count). The standard InChI is InChI=1S/C14H15BrFNO/c1-2-17-14(9-11-4-3-7-18-11)12-6-5-10(16)8-13(12)15/h3-8,14,17H,2,9H2,1H3. The van der Waals surface area contributed by atoms with Crippen molar-refractivity contribution in [3.63, 3.8) is 0 Å². The summed E-state index contributed by atoms with van der Waals surface area (Å²) in [5.74, 6) is 0.677. The van der Waals surface area contributed by atoms with Crippen molar-refractivity contribution in [3.8, 4) is 0 Å². The van der Waals surface area contributed by atoms with Gasteiger partial charge in [-0.2, -0.15) is 0 Å². The lowest BCUT2D eigenvalue weighted by atomic mass is 10.0. The zero-order valence-corrected chi connectivity index (χ0v) is 11.7. The maximum Gasteiger partial charge on any atom is 0.124 e. The Bertz CT molecular complexity index is 499. The van der Waals surface area contributed by atoms with E-state index in [0.717, 1.165) is 28.8 Å². The van der Waals surface area contributed by atoms with Crippen LogP contribution in [0.1, 0.15) is 24.3 Å². The van der Waals surface area contributed by atoms with E-state index in [-0.39, 0.29) is 11.9 Å². The summed E-state index contributed by atoms with van der Waals surface area (Å²) < 4.78 is 19.2. The van der Waals surface area contributed by atoms with Gasteiger partial charge in [0.2, 0.25) is 0 Å². The van der Waals surface area contributed by atoms with E-state index < -0.39 is 0 Å². The Morgan fingerprint density at radius 2 is 2.22 bits per heavy atom. The maximum absolute atomic E-state index is 13.1. The van der Waals surface area contributed by atoms with Crippen molar-refractivity contribution in [2.45, 2.75) is 19.4 Å². The lowest BCUT2D eigenvalue weighted by Crippen LogP contribution is -2.23. The highest BCUT2D eigenvalue weighted by atomic mass is 79.9. The fourth-order valence-corrected chi connectivity index (χ4v) is 2.58. The van der Waals surface area contributed by atoms with Gasteiger partial charge >= 0.3 is 0 Å². The summed E-state index contributed by atoms with van der Waals surface area (Å²) in [4.78, 5) is 0. The summed E-state index contributed by atoms with van der Waals surface area (Å²) in [5.41, 5.74) is 1.04. The van der Waals surface area contributed by atoms with Crippen LogP contribution in [0.4, 0.5) is 4.39 Å². The average molecular weight is 312 g/mol. The Morgan fingerprint density at radius 3 is 2.83 bits per heavy atom. The Morgan fingerprint density at radius 1 is 1.39 bits per heavy atom. The van der Waals surface area contributed by atoms with E-state index in [2.05, 4.69) is 21.2 Å². The highest BCUT2D eigenvalue weighted by molar-refractivity contribution is 9.10. The van der Waals surface area contributed by atoms with Crippen molar-refractivity contribution in [3.05, 3.63) is 58.2 Å². The molecule has 0 radical (unpaired) electrons. The van der Waals surface area contributed by atoms with Crippen LogP contribution in [0.3, 0.4) is 0 Å². The molecule has 1 aromatic carbocycles. The van der Waals surface area contributed by atoms with Crippen LogP contribution in [0.2, 0.25) is 0 Å². The number of furan rings is 1. The van der Waals surface area contributed by atoms with E-state index in [1.165, 1.54) is 12.1 Å². The van der Waals surface area contributed by atoms with Crippen LogP contribution in [0, 0.1) is 5.82 Å². The van der Waals surface area contributed by atoms with E-state index in [9.17, 15) is 4.39 Å². The molecule has 1 heterocycles. The third kappa shape index (κ3) is 3.21. The summed E-state index contributed by atoms with van der Waals surface area (Å²) in [7, 11) is 0. The molecular formula is C14H15BrFNO. The second kappa shape index (κ2) is 6.16. The van der Waals surface area contributed by atoms with Crippen LogP contribution in [0.15, 0.2) is 45.5 Å². The molecule has 2 aromatic rings. The highest BCUT2D eigenvalue weighted by Gasteiger charge is 2.15. The highest BCUT2D eigenvalue weighted by Crippen LogP contribution is 2.27. The van der Waals surface area contributed by atoms with Crippen molar-refractivity contribution in [1.29, 1.82) is 0 Å². The molecule has 2 nitrogen and oxygen atoms in total. The van der Waals surface area contributed by atoms with E-state index in [0.29, 0.717) is 0 Å². The zero-order valence-electron chi connectivity index (χ0n) is 10.1. The molecule has 1 atom stereocenters. The molecule has 0 fully saturated rings. The minimum Gasteiger partial charge on any atom is -0.469 e. The fourth-order valence-electron chi connectivity index (χ4n) is 1.95. The first-order valence-corrected chi connectivity index (χ1v) is 6.70. The van der Waals surface area contributed by atoms with Gasteiger partial charge in [0.1, 0.15) is 11.6 Å². The molecule has 4 heteroatoms. The molecule has 0 saturated heterocycles. The van der Waals surface area contributed by atoms with Crippen LogP contribution in [-0.2, 0) is 6.42 Å². The maximum atomic E-state index is 13.1. The number of benzene rings is 1. The van der Waals surface area contributed by atoms with Crippen molar-refractivity contribution >= 4 is 15.9 Å². The summed E-state index contributed by atoms with van der Waals surface area (Å²) in [6.45, 7) is 2.89. The van der Waals surface area contributed by atoms with Gasteiger partial charge in [-0.05, 0) is 36.4 Å². The van der Waals surface area contributed by atoms with Crippen molar-refractivity contribution < 1.29 is 8.81 Å². The van der Waals surface area contributed by atoms with Gasteiger partial charge < -0.3 is 9.73 Å². The Kier molecular flexibility index (Phi) is 4.55. The summed E-state index contributed by atoms with van der Waals surface area (Å²) in [5, 5.41) is 3.39. The second-order valence-electron chi connectivity index (χ2n) is 4.06. The topological polar surface area (TPSA) is 25.2 Å². The van der Waals surface area contributed by atoms with Gasteiger partial charge in [0, 0.05) is 16.9 Å². The number of rotatable bonds is 5. The minimum absolute atomic E-state index is 0.108. The Labute approximate surface area is 114 Å². The van der Waals surface area contributed by atoms with Gasteiger partial charge in [0.05, 0.1) is 6.26 Å². The molecule has 0 amide bonds. The van der Waals surface area contributed by atoms with Crippen molar-refractivity contribution in [1.82, 2.24) is 5.32 Å². The van der Waals surface area contributed by atoms with Gasteiger partial charge in [0.15, 0.2) is 0 Å². The predicted octanol–water partition coefficient (Wildman–Crippen LogP) is 4.07. The largest absolute Gasteiger partial charge is 0.469 e. The van der Waals surface area contributed by atoms with Crippen LogP contribution in [-0.4, -0.2) is 6.54 Å². The molecule has 1 aromatic heterocycles. The van der Waals surface area contributed by atoms with Gasteiger partial charge in [-0.3, -0.25) is 0 Å². The molecule has 1 N–H and O–H groups in total. The van der Waals surface area contributed by atoms with Crippen molar-refractivity contribution in [2.24, 2.45) is 0 Å². The molecule has 0 aliphatic heterocycles. The molecule has 18 heavy (non-hydrogen) atoms. The first-order chi connectivity index (χ1) is 8.70. The Hall–Kier alpha value is -1.13. The SMILES string of the molecule is CCNC(Cc1ccco1)c1ccc(F)cc1Br. The van der Waals surface area contributed by atoms with Crippen LogP contribution < -0.4 is 5.32 Å². The van der Waals surface area contributed by atoms with E-state index in [1.807, 2.05) is 19.1 Å². The summed E-state index contributed by atoms with van der Waals surface area (Å²) in [6, 6.07) is 8.69. The molecule has 0 aliphatic carbocycles. The molecule has 0 bridgehead atoms. The molecule has 1 unspecified atom stereocenters. The van der Waals surface area contributed by atoms with Gasteiger partial charge in [-0.1, -0.05) is 28.9 Å². The normalized spacial score (nSPS) is 12.6. The summed E-state index contributed by atoms with van der Waals surface area (Å²) >= 11 is 3.41. The molecule has 0 spiro atoms. The second-order valence-corrected chi connectivity index (χ2v) is 4.91. The predicted molar refractivity (Wildman–Crippen MR) is 72.9 cm³/mol. The lowest BCUT2D eigenvalue weighted by molar-refractivity contribution is 0.454. The van der Waals surface area contributed by atoms with E-state index >= 15 is 0 Å². The first-order valence-electron chi connectivity index (χ1n) is 5.91. The van der Waals surface area contributed by atoms with E-state index in [4.69, 9.17) is 4.42 Å². The number of likely N-dealkylation sites (N-methyl/N-ethyl adjacent to an activating group) is 1. The number of nitrogens with one attached hydrogen (secondary N) is 1. The third-order valence-corrected chi connectivity index (χ3v) is 3.46. The zero-order chi connectivity index (χ0) is 13.0. The van der Waals surface area contributed by atoms with Gasteiger partial charge in [-0.25, -0.2) is 4.39 Å². The first kappa shape index (κ1) is 13.3. The quantitative estimate of drug-likeness (QED) is 0.900. The number of hydrogen-bond donors (Lipinski definition) is 1. The molecule has 0 aliphatic rings. The third-order valence-electron chi connectivity index (χ3n) is 2.77. The van der Waals surface area contributed by atoms with Crippen LogP contribution >= 0.6 is 15.9 Å². The average Bonchev–Trinajstić information content (AvgIpc) is 2.81. The van der Waals surface area contributed by atoms with Crippen molar-refractivity contribution in [2.75, 3.05) is 6.54 Å². The molecular weight excluding hydrogens is 297 g/mol. The fraction of sp³-hybridized carbons (Fsp3) is 0.286. The monoisotopic (exact) mass is 311 g/mol. The van der Waals surface area contributed by atoms with Crippen LogP contribution in [0.25, 0.3) is 0 Å². The summed E-state index contributed by atoms with van der Waals surface area (Å²) in [6.07, 6.45) is 2.41. The Balaban J connectivity index is 2.23. The smallest absolute Gasteiger partial charge is 0.124 e.